The van der Waals surface area contributed by atoms with Gasteiger partial charge in [0, 0.05) is 37.4 Å². The Morgan fingerprint density at radius 2 is 2.10 bits per heavy atom. The molecule has 0 spiro atoms. The number of H-pyrrole nitrogens is 1. The molecule has 2 aliphatic heterocycles. The maximum absolute atomic E-state index is 13.1. The van der Waals surface area contributed by atoms with E-state index in [9.17, 15) is 27.3 Å². The number of aromatic nitrogens is 3. The highest BCUT2D eigenvalue weighted by Crippen LogP contribution is 2.36. The number of piperazine rings is 1. The second-order valence-corrected chi connectivity index (χ2v) is 13.2. The normalized spacial score (nSPS) is 18.7. The molecule has 4 heterocycles. The third kappa shape index (κ3) is 6.98. The predicted molar refractivity (Wildman–Crippen MR) is 139 cm³/mol. The maximum Gasteiger partial charge on any atom is 0.417 e. The molecule has 1 saturated heterocycles. The lowest BCUT2D eigenvalue weighted by Gasteiger charge is -2.41. The lowest BCUT2D eigenvalue weighted by atomic mass is 10.1. The number of halogens is 3. The smallest absolute Gasteiger partial charge is 0.379 e. The number of hydrogen-bond donors (Lipinski definition) is 2. The number of anilines is 2. The van der Waals surface area contributed by atoms with Crippen molar-refractivity contribution in [3.05, 3.63) is 39.9 Å². The predicted octanol–water partition coefficient (Wildman–Crippen LogP) is 1.89. The number of alkyl halides is 3. The van der Waals surface area contributed by atoms with Crippen LogP contribution in [0, 0.1) is 0 Å². The second-order valence-electron chi connectivity index (χ2n) is 10.1. The first-order valence-electron chi connectivity index (χ1n) is 12.5. The molecular formula is C24H32F3N6O5P. The van der Waals surface area contributed by atoms with E-state index in [0.717, 1.165) is 12.3 Å². The Morgan fingerprint density at radius 1 is 1.33 bits per heavy atom. The van der Waals surface area contributed by atoms with Gasteiger partial charge in [0.15, 0.2) is 0 Å². The van der Waals surface area contributed by atoms with Crippen LogP contribution >= 0.6 is 7.14 Å². The fourth-order valence-electron chi connectivity index (χ4n) is 4.75. The second kappa shape index (κ2) is 11.6. The van der Waals surface area contributed by atoms with E-state index in [1.165, 1.54) is 19.5 Å². The minimum atomic E-state index is -4.48. The zero-order valence-corrected chi connectivity index (χ0v) is 22.8. The van der Waals surface area contributed by atoms with Gasteiger partial charge in [-0.1, -0.05) is 0 Å². The van der Waals surface area contributed by atoms with Crippen molar-refractivity contribution < 1.29 is 32.0 Å². The van der Waals surface area contributed by atoms with Crippen LogP contribution in [0.1, 0.15) is 24.5 Å². The van der Waals surface area contributed by atoms with Crippen LogP contribution in [-0.2, 0) is 31.6 Å². The molecule has 0 unspecified atom stereocenters. The number of aromatic amines is 1. The minimum Gasteiger partial charge on any atom is -0.379 e. The van der Waals surface area contributed by atoms with Gasteiger partial charge >= 0.3 is 6.18 Å². The molecular weight excluding hydrogens is 540 g/mol. The highest BCUT2D eigenvalue weighted by atomic mass is 31.2. The molecule has 1 amide bonds. The number of rotatable bonds is 8. The third-order valence-electron chi connectivity index (χ3n) is 6.54. The Kier molecular flexibility index (Phi) is 8.67. The lowest BCUT2D eigenvalue weighted by molar-refractivity contribution is -0.138. The molecule has 4 rings (SSSR count). The standard InChI is InChI=1S/C24H32F3N6O5P/c1-15(30-19-10-29-31-23(35)21(19)39(2,3)36)12-37-7-4-20(34)32-5-6-33-18(11-32)14-38-13-16-8-17(24(25,26)27)9-28-22(16)33/h8-10,15,18H,4-7,11-14H2,1-3H3,(H2,30,31,35)/t15-,18+/m0/s1. The van der Waals surface area contributed by atoms with E-state index in [0.29, 0.717) is 36.7 Å². The highest BCUT2D eigenvalue weighted by molar-refractivity contribution is 7.70. The number of carbonyl (C=O) groups excluding carboxylic acids is 1. The molecule has 2 N–H and O–H groups in total. The van der Waals surface area contributed by atoms with Gasteiger partial charge < -0.3 is 29.2 Å². The van der Waals surface area contributed by atoms with Gasteiger partial charge in [0.05, 0.1) is 56.3 Å². The van der Waals surface area contributed by atoms with Crippen molar-refractivity contribution in [2.24, 2.45) is 0 Å². The molecule has 0 aromatic carbocycles. The number of hydrogen-bond acceptors (Lipinski definition) is 9. The van der Waals surface area contributed by atoms with Gasteiger partial charge in [-0.25, -0.2) is 10.1 Å². The van der Waals surface area contributed by atoms with Crippen molar-refractivity contribution in [2.45, 2.75) is 38.2 Å². The van der Waals surface area contributed by atoms with Gasteiger partial charge in [-0.05, 0) is 26.3 Å². The third-order valence-corrected chi connectivity index (χ3v) is 8.06. The molecule has 1 fully saturated rings. The molecule has 2 atom stereocenters. The average molecular weight is 573 g/mol. The Balaban J connectivity index is 1.27. The van der Waals surface area contributed by atoms with Crippen LogP contribution in [0.3, 0.4) is 0 Å². The van der Waals surface area contributed by atoms with Crippen LogP contribution in [0.2, 0.25) is 0 Å². The number of pyridine rings is 1. The lowest BCUT2D eigenvalue weighted by Crippen LogP contribution is -2.56. The molecule has 2 aliphatic rings. The van der Waals surface area contributed by atoms with Crippen LogP contribution in [-0.4, -0.2) is 90.9 Å². The van der Waals surface area contributed by atoms with Crippen molar-refractivity contribution >= 4 is 29.9 Å². The summed E-state index contributed by atoms with van der Waals surface area (Å²) in [4.78, 5) is 32.7. The molecule has 0 aliphatic carbocycles. The van der Waals surface area contributed by atoms with E-state index in [2.05, 4.69) is 20.5 Å². The van der Waals surface area contributed by atoms with Crippen molar-refractivity contribution in [3.63, 3.8) is 0 Å². The van der Waals surface area contributed by atoms with Crippen molar-refractivity contribution in [3.8, 4) is 0 Å². The Hall–Kier alpha value is -2.96. The first-order chi connectivity index (χ1) is 18.3. The summed E-state index contributed by atoms with van der Waals surface area (Å²) in [6.07, 6.45) is -2.08. The fraction of sp³-hybridized carbons (Fsp3) is 0.583. The molecule has 0 radical (unpaired) electrons. The van der Waals surface area contributed by atoms with Crippen molar-refractivity contribution in [1.82, 2.24) is 20.1 Å². The van der Waals surface area contributed by atoms with E-state index >= 15 is 0 Å². The number of fused-ring (bicyclic) bond motifs is 3. The Labute approximate surface area is 223 Å². The summed E-state index contributed by atoms with van der Waals surface area (Å²) in [6, 6.07) is 0.612. The number of carbonyl (C=O) groups is 1. The van der Waals surface area contributed by atoms with E-state index in [4.69, 9.17) is 9.47 Å². The Morgan fingerprint density at radius 3 is 2.82 bits per heavy atom. The van der Waals surface area contributed by atoms with Gasteiger partial charge in [-0.15, -0.1) is 0 Å². The number of nitrogens with zero attached hydrogens (tertiary/aromatic N) is 4. The van der Waals surface area contributed by atoms with Crippen molar-refractivity contribution in [2.75, 3.05) is 63.0 Å². The van der Waals surface area contributed by atoms with E-state index < -0.39 is 24.4 Å². The van der Waals surface area contributed by atoms with Gasteiger partial charge in [0.25, 0.3) is 5.56 Å². The molecule has 0 bridgehead atoms. The summed E-state index contributed by atoms with van der Waals surface area (Å²) >= 11 is 0. The maximum atomic E-state index is 13.1. The number of nitrogens with one attached hydrogen (secondary N) is 2. The molecule has 15 heteroatoms. The van der Waals surface area contributed by atoms with Gasteiger partial charge in [0.1, 0.15) is 18.3 Å². The van der Waals surface area contributed by atoms with Crippen molar-refractivity contribution in [1.29, 1.82) is 0 Å². The Bertz CT molecular complexity index is 1300. The van der Waals surface area contributed by atoms with Gasteiger partial charge in [-0.3, -0.25) is 9.59 Å². The van der Waals surface area contributed by atoms with Crippen LogP contribution in [0.5, 0.6) is 0 Å². The zero-order chi connectivity index (χ0) is 28.4. The molecule has 2 aromatic heterocycles. The summed E-state index contributed by atoms with van der Waals surface area (Å²) in [5.74, 6) is 0.364. The van der Waals surface area contributed by atoms with Crippen LogP contribution in [0.4, 0.5) is 24.7 Å². The van der Waals surface area contributed by atoms with Crippen LogP contribution in [0.15, 0.2) is 23.3 Å². The van der Waals surface area contributed by atoms with E-state index in [1.54, 1.807) is 4.90 Å². The highest BCUT2D eigenvalue weighted by Gasteiger charge is 2.36. The molecule has 214 valence electrons. The van der Waals surface area contributed by atoms with Crippen LogP contribution in [0.25, 0.3) is 0 Å². The SMILES string of the molecule is C[C@@H](COCCC(=O)N1CCN2c3ncc(C(F)(F)F)cc3COC[C@H]2C1)Nc1cn[nH]c(=O)c1P(C)(C)=O. The summed E-state index contributed by atoms with van der Waals surface area (Å²) < 4.78 is 63.1. The van der Waals surface area contributed by atoms with Gasteiger partial charge in [0.2, 0.25) is 5.91 Å². The average Bonchev–Trinajstić information content (AvgIpc) is 3.03. The first-order valence-corrected chi connectivity index (χ1v) is 15.1. The number of ether oxygens (including phenoxy) is 2. The largest absolute Gasteiger partial charge is 0.417 e. The molecule has 0 saturated carbocycles. The summed E-state index contributed by atoms with van der Waals surface area (Å²) in [6.45, 7) is 6.76. The zero-order valence-electron chi connectivity index (χ0n) is 22.0. The first kappa shape index (κ1) is 29.0. The minimum absolute atomic E-state index is 0.0241. The van der Waals surface area contributed by atoms with Gasteiger partial charge in [-0.2, -0.15) is 18.3 Å². The summed E-state index contributed by atoms with van der Waals surface area (Å²) in [7, 11) is -2.85. The molecule has 11 nitrogen and oxygen atoms in total. The molecule has 39 heavy (non-hydrogen) atoms. The summed E-state index contributed by atoms with van der Waals surface area (Å²) in [5, 5.41) is 9.34. The van der Waals surface area contributed by atoms with E-state index in [-0.39, 0.29) is 56.1 Å². The number of amides is 1. The van der Waals surface area contributed by atoms with Crippen LogP contribution < -0.4 is 21.1 Å². The fourth-order valence-corrected chi connectivity index (χ4v) is 5.99. The van der Waals surface area contributed by atoms with E-state index in [1.807, 2.05) is 11.8 Å². The summed E-state index contributed by atoms with van der Waals surface area (Å²) in [5.41, 5.74) is -0.552. The topological polar surface area (TPSA) is 130 Å². The quantitative estimate of drug-likeness (QED) is 0.360. The molecule has 2 aromatic rings. The monoisotopic (exact) mass is 572 g/mol.